The van der Waals surface area contributed by atoms with E-state index in [2.05, 4.69) is 0 Å². The molecule has 7 heteroatoms. The first-order chi connectivity index (χ1) is 9.23. The monoisotopic (exact) mass is 306 g/mol. The third-order valence-electron chi connectivity index (χ3n) is 3.37. The van der Waals surface area contributed by atoms with E-state index in [-0.39, 0.29) is 18.6 Å². The number of alkyl halides is 3. The van der Waals surface area contributed by atoms with E-state index in [1.54, 1.807) is 0 Å². The zero-order valence-electron chi connectivity index (χ0n) is 10.5. The molecule has 1 aromatic carbocycles. The zero-order chi connectivity index (χ0) is 15.0. The van der Waals surface area contributed by atoms with Crippen LogP contribution in [0.5, 0.6) is 0 Å². The Hall–Kier alpha value is -1.37. The molecule has 1 aliphatic rings. The number of rotatable bonds is 2. The molecule has 0 spiro atoms. The van der Waals surface area contributed by atoms with Gasteiger partial charge in [-0.15, -0.1) is 0 Å². The lowest BCUT2D eigenvalue weighted by molar-refractivity contribution is -0.139. The number of ketones is 1. The Balaban J connectivity index is 2.47. The third kappa shape index (κ3) is 2.87. The summed E-state index contributed by atoms with van der Waals surface area (Å²) < 4.78 is 63.4. The van der Waals surface area contributed by atoms with Crippen molar-refractivity contribution in [3.8, 4) is 0 Å². The summed E-state index contributed by atoms with van der Waals surface area (Å²) >= 11 is 0. The van der Waals surface area contributed by atoms with Crippen molar-refractivity contribution in [2.75, 3.05) is 0 Å². The molecular weight excluding hydrogens is 293 g/mol. The van der Waals surface area contributed by atoms with Crippen molar-refractivity contribution in [3.05, 3.63) is 29.8 Å². The maximum Gasteiger partial charge on any atom is 0.417 e. The van der Waals surface area contributed by atoms with Crippen LogP contribution in [0.1, 0.15) is 31.2 Å². The van der Waals surface area contributed by atoms with Gasteiger partial charge in [0, 0.05) is 12.8 Å². The van der Waals surface area contributed by atoms with Gasteiger partial charge in [0.05, 0.1) is 15.7 Å². The van der Waals surface area contributed by atoms with E-state index in [4.69, 9.17) is 0 Å². The first-order valence-electron chi connectivity index (χ1n) is 6.15. The fraction of sp³-hybridized carbons (Fsp3) is 0.462. The Bertz CT molecular complexity index is 620. The summed E-state index contributed by atoms with van der Waals surface area (Å²) in [4.78, 5) is 10.6. The van der Waals surface area contributed by atoms with Crippen molar-refractivity contribution in [2.45, 2.75) is 42.0 Å². The number of halogens is 3. The van der Waals surface area contributed by atoms with Crippen LogP contribution in [0.2, 0.25) is 0 Å². The van der Waals surface area contributed by atoms with Crippen LogP contribution in [0, 0.1) is 0 Å². The largest absolute Gasteiger partial charge is 0.417 e. The Morgan fingerprint density at radius 3 is 2.40 bits per heavy atom. The van der Waals surface area contributed by atoms with E-state index in [1.165, 1.54) is 6.07 Å². The van der Waals surface area contributed by atoms with Crippen molar-refractivity contribution in [1.82, 2.24) is 0 Å². The van der Waals surface area contributed by atoms with Gasteiger partial charge in [-0.05, 0) is 25.0 Å². The highest BCUT2D eigenvalue weighted by Crippen LogP contribution is 2.37. The summed E-state index contributed by atoms with van der Waals surface area (Å²) in [6, 6.07) is 4.11. The fourth-order valence-corrected chi connectivity index (χ4v) is 4.38. The lowest BCUT2D eigenvalue weighted by atomic mass is 9.99. The predicted octanol–water partition coefficient (Wildman–Crippen LogP) is 2.99. The van der Waals surface area contributed by atoms with Gasteiger partial charge < -0.3 is 0 Å². The second-order valence-corrected chi connectivity index (χ2v) is 6.99. The quantitative estimate of drug-likeness (QED) is 0.844. The topological polar surface area (TPSA) is 51.2 Å². The number of carbonyl (C=O) groups is 1. The molecule has 1 aromatic rings. The van der Waals surface area contributed by atoms with Crippen molar-refractivity contribution in [3.63, 3.8) is 0 Å². The smallest absolute Gasteiger partial charge is 0.300 e. The molecule has 20 heavy (non-hydrogen) atoms. The van der Waals surface area contributed by atoms with Gasteiger partial charge in [0.25, 0.3) is 0 Å². The number of hydrogen-bond donors (Lipinski definition) is 0. The van der Waals surface area contributed by atoms with Gasteiger partial charge in [-0.2, -0.15) is 13.2 Å². The summed E-state index contributed by atoms with van der Waals surface area (Å²) in [5.41, 5.74) is -1.17. The van der Waals surface area contributed by atoms with Crippen LogP contribution < -0.4 is 0 Å². The number of sulfone groups is 1. The van der Waals surface area contributed by atoms with Crippen molar-refractivity contribution >= 4 is 15.6 Å². The van der Waals surface area contributed by atoms with E-state index in [9.17, 15) is 26.4 Å². The molecule has 110 valence electrons. The predicted molar refractivity (Wildman–Crippen MR) is 65.9 cm³/mol. The normalized spacial score (nSPS) is 20.9. The SMILES string of the molecule is O=C1CCCC(S(=O)(=O)c2ccccc2C(F)(F)F)C1. The Labute approximate surface area is 114 Å². The van der Waals surface area contributed by atoms with E-state index >= 15 is 0 Å². The van der Waals surface area contributed by atoms with Crippen molar-refractivity contribution < 1.29 is 26.4 Å². The van der Waals surface area contributed by atoms with Gasteiger partial charge in [-0.3, -0.25) is 4.79 Å². The molecule has 2 rings (SSSR count). The second-order valence-electron chi connectivity index (χ2n) is 4.80. The Morgan fingerprint density at radius 2 is 1.80 bits per heavy atom. The van der Waals surface area contributed by atoms with Gasteiger partial charge in [0.1, 0.15) is 5.78 Å². The minimum atomic E-state index is -4.73. The Kier molecular flexibility index (Phi) is 3.90. The van der Waals surface area contributed by atoms with Crippen molar-refractivity contribution in [2.24, 2.45) is 0 Å². The first-order valence-corrected chi connectivity index (χ1v) is 7.69. The van der Waals surface area contributed by atoms with Crippen LogP contribution >= 0.6 is 0 Å². The van der Waals surface area contributed by atoms with Gasteiger partial charge >= 0.3 is 6.18 Å². The molecule has 1 fully saturated rings. The van der Waals surface area contributed by atoms with E-state index in [1.807, 2.05) is 0 Å². The standard InChI is InChI=1S/C13H13F3O3S/c14-13(15,16)11-6-1-2-7-12(11)20(18,19)10-5-3-4-9(17)8-10/h1-2,6-7,10H,3-5,8H2. The molecule has 0 aromatic heterocycles. The zero-order valence-corrected chi connectivity index (χ0v) is 11.3. The molecule has 0 N–H and O–H groups in total. The highest BCUT2D eigenvalue weighted by Gasteiger charge is 2.40. The summed E-state index contributed by atoms with van der Waals surface area (Å²) in [5, 5.41) is -1.05. The number of hydrogen-bond acceptors (Lipinski definition) is 3. The molecule has 0 aliphatic heterocycles. The lowest BCUT2D eigenvalue weighted by Gasteiger charge is -2.22. The number of carbonyl (C=O) groups excluding carboxylic acids is 1. The molecule has 1 unspecified atom stereocenters. The van der Waals surface area contributed by atoms with Crippen LogP contribution in [-0.2, 0) is 20.8 Å². The van der Waals surface area contributed by atoms with Gasteiger partial charge in [-0.1, -0.05) is 12.1 Å². The van der Waals surface area contributed by atoms with Crippen LogP contribution in [0.4, 0.5) is 13.2 Å². The molecule has 0 bridgehead atoms. The molecular formula is C13H13F3O3S. The molecule has 1 aliphatic carbocycles. The maximum atomic E-state index is 12.9. The molecule has 3 nitrogen and oxygen atoms in total. The van der Waals surface area contributed by atoms with E-state index < -0.39 is 31.7 Å². The first kappa shape index (κ1) is 15.0. The summed E-state index contributed by atoms with van der Waals surface area (Å²) in [7, 11) is -4.15. The summed E-state index contributed by atoms with van der Waals surface area (Å²) in [6.07, 6.45) is -4.01. The lowest BCUT2D eigenvalue weighted by Crippen LogP contribution is -2.29. The van der Waals surface area contributed by atoms with Crippen LogP contribution in [0.3, 0.4) is 0 Å². The van der Waals surface area contributed by atoms with Gasteiger partial charge in [0.2, 0.25) is 0 Å². The van der Waals surface area contributed by atoms with E-state index in [0.29, 0.717) is 12.8 Å². The van der Waals surface area contributed by atoms with Crippen LogP contribution in [0.25, 0.3) is 0 Å². The minimum absolute atomic E-state index is 0.200. The van der Waals surface area contributed by atoms with Crippen LogP contribution in [-0.4, -0.2) is 19.5 Å². The minimum Gasteiger partial charge on any atom is -0.300 e. The third-order valence-corrected chi connectivity index (χ3v) is 5.62. The van der Waals surface area contributed by atoms with Crippen molar-refractivity contribution in [1.29, 1.82) is 0 Å². The average Bonchev–Trinajstić information content (AvgIpc) is 2.38. The molecule has 0 heterocycles. The van der Waals surface area contributed by atoms with E-state index in [0.717, 1.165) is 18.2 Å². The summed E-state index contributed by atoms with van der Waals surface area (Å²) in [5.74, 6) is -0.214. The Morgan fingerprint density at radius 1 is 1.15 bits per heavy atom. The maximum absolute atomic E-state index is 12.9. The fourth-order valence-electron chi connectivity index (χ4n) is 2.38. The molecule has 1 atom stereocenters. The molecule has 0 saturated heterocycles. The number of benzene rings is 1. The van der Waals surface area contributed by atoms with Gasteiger partial charge in [0.15, 0.2) is 9.84 Å². The molecule has 1 saturated carbocycles. The van der Waals surface area contributed by atoms with Crippen LogP contribution in [0.15, 0.2) is 29.2 Å². The second kappa shape index (κ2) is 5.20. The van der Waals surface area contributed by atoms with Gasteiger partial charge in [-0.25, -0.2) is 8.42 Å². The average molecular weight is 306 g/mol. The highest BCUT2D eigenvalue weighted by atomic mass is 32.2. The molecule has 0 amide bonds. The number of Topliss-reactive ketones (excluding diaryl/α,β-unsaturated/α-hetero) is 1. The molecule has 0 radical (unpaired) electrons. The summed E-state index contributed by atoms with van der Waals surface area (Å²) in [6.45, 7) is 0. The highest BCUT2D eigenvalue weighted by molar-refractivity contribution is 7.92.